The predicted molar refractivity (Wildman–Crippen MR) is 138 cm³/mol. The fourth-order valence-corrected chi connectivity index (χ4v) is 5.39. The Morgan fingerprint density at radius 1 is 1.03 bits per heavy atom. The fraction of sp³-hybridized carbons (Fsp3) is 0.296. The summed E-state index contributed by atoms with van der Waals surface area (Å²) in [5, 5.41) is 13.0. The lowest BCUT2D eigenvalue weighted by Gasteiger charge is -2.31. The molecule has 36 heavy (non-hydrogen) atoms. The number of thioether (sulfide) groups is 1. The van der Waals surface area contributed by atoms with Crippen LogP contribution in [0.5, 0.6) is 28.7 Å². The van der Waals surface area contributed by atoms with E-state index in [1.165, 1.54) is 11.8 Å². The van der Waals surface area contributed by atoms with Gasteiger partial charge in [0.1, 0.15) is 29.1 Å². The molecule has 2 N–H and O–H groups in total. The van der Waals surface area contributed by atoms with Crippen LogP contribution in [0.3, 0.4) is 0 Å². The zero-order chi connectivity index (χ0) is 24.9. The van der Waals surface area contributed by atoms with Crippen LogP contribution in [0.2, 0.25) is 0 Å². The van der Waals surface area contributed by atoms with Crippen LogP contribution in [0.1, 0.15) is 17.2 Å². The van der Waals surface area contributed by atoms with Gasteiger partial charge in [-0.15, -0.1) is 11.8 Å². The number of hydrogen-bond acceptors (Lipinski definition) is 8. The number of anilines is 1. The van der Waals surface area contributed by atoms with Crippen molar-refractivity contribution in [1.82, 2.24) is 5.32 Å². The third-order valence-electron chi connectivity index (χ3n) is 5.95. The van der Waals surface area contributed by atoms with Crippen LogP contribution in [0.25, 0.3) is 0 Å². The number of phenols is 1. The minimum absolute atomic E-state index is 0.0433. The topological polar surface area (TPSA) is 89.5 Å². The molecule has 0 saturated heterocycles. The van der Waals surface area contributed by atoms with Gasteiger partial charge in [-0.1, -0.05) is 12.1 Å². The number of nitrogens with zero attached hydrogens (tertiary/aromatic N) is 1. The van der Waals surface area contributed by atoms with Crippen molar-refractivity contribution >= 4 is 23.4 Å². The van der Waals surface area contributed by atoms with Crippen LogP contribution in [-0.2, 0) is 4.79 Å². The van der Waals surface area contributed by atoms with Crippen LogP contribution in [-0.4, -0.2) is 51.2 Å². The summed E-state index contributed by atoms with van der Waals surface area (Å²) in [5.74, 6) is 2.86. The monoisotopic (exact) mass is 508 g/mol. The molecule has 0 aliphatic carbocycles. The summed E-state index contributed by atoms with van der Waals surface area (Å²) in [6.07, 6.45) is 0.777. The molecule has 188 valence electrons. The molecule has 0 spiro atoms. The molecule has 0 radical (unpaired) electrons. The minimum Gasteiger partial charge on any atom is -0.508 e. The van der Waals surface area contributed by atoms with Gasteiger partial charge in [-0.25, -0.2) is 0 Å². The normalized spacial score (nSPS) is 16.1. The van der Waals surface area contributed by atoms with E-state index < -0.39 is 5.25 Å². The molecule has 0 aromatic heterocycles. The van der Waals surface area contributed by atoms with Gasteiger partial charge in [-0.3, -0.25) is 4.79 Å². The van der Waals surface area contributed by atoms with Gasteiger partial charge in [0.2, 0.25) is 12.7 Å². The standard InChI is InChI=1S/C27H28N2O6S/c1-29-21-5-2-3-6-25(21)36-26(27(29)31)20-15-18(30)7-9-22(20)33-13-4-11-28-12-14-32-19-8-10-23-24(16-19)35-17-34-23/h2-3,5-10,15-16,26,28,30H,4,11-14,17H2,1H3/t26-/m1/s1. The average molecular weight is 509 g/mol. The number of likely N-dealkylation sites (N-methyl/N-ethyl adjacent to an activating group) is 1. The summed E-state index contributed by atoms with van der Waals surface area (Å²) >= 11 is 1.48. The number of ether oxygens (including phenoxy) is 4. The van der Waals surface area contributed by atoms with Crippen molar-refractivity contribution in [2.45, 2.75) is 16.6 Å². The minimum atomic E-state index is -0.488. The van der Waals surface area contributed by atoms with Crippen LogP contribution >= 0.6 is 11.8 Å². The molecule has 0 unspecified atom stereocenters. The van der Waals surface area contributed by atoms with Gasteiger partial charge in [0, 0.05) is 30.1 Å². The summed E-state index contributed by atoms with van der Waals surface area (Å²) in [6, 6.07) is 18.3. The zero-order valence-corrected chi connectivity index (χ0v) is 20.8. The Bertz CT molecular complexity index is 1240. The summed E-state index contributed by atoms with van der Waals surface area (Å²) < 4.78 is 22.5. The molecule has 5 rings (SSSR count). The molecule has 1 amide bonds. The molecule has 0 bridgehead atoms. The molecular formula is C27H28N2O6S. The predicted octanol–water partition coefficient (Wildman–Crippen LogP) is 4.37. The van der Waals surface area contributed by atoms with Gasteiger partial charge in [0.25, 0.3) is 0 Å². The molecule has 2 heterocycles. The summed E-state index contributed by atoms with van der Waals surface area (Å²) in [7, 11) is 1.78. The maximum absolute atomic E-state index is 13.1. The lowest BCUT2D eigenvalue weighted by Crippen LogP contribution is -2.33. The first-order valence-corrected chi connectivity index (χ1v) is 12.7. The van der Waals surface area contributed by atoms with Gasteiger partial charge >= 0.3 is 0 Å². The van der Waals surface area contributed by atoms with Crippen molar-refractivity contribution in [2.24, 2.45) is 0 Å². The molecule has 3 aromatic rings. The number of benzene rings is 3. The van der Waals surface area contributed by atoms with Crippen LogP contribution in [0.4, 0.5) is 5.69 Å². The van der Waals surface area contributed by atoms with Crippen molar-refractivity contribution in [3.8, 4) is 28.7 Å². The lowest BCUT2D eigenvalue weighted by atomic mass is 10.1. The Balaban J connectivity index is 1.09. The maximum Gasteiger partial charge on any atom is 0.244 e. The van der Waals surface area contributed by atoms with Crippen LogP contribution < -0.4 is 29.2 Å². The van der Waals surface area contributed by atoms with Crippen molar-refractivity contribution in [3.63, 3.8) is 0 Å². The van der Waals surface area contributed by atoms with Crippen molar-refractivity contribution in [3.05, 3.63) is 66.2 Å². The molecule has 3 aromatic carbocycles. The number of carbonyl (C=O) groups excluding carboxylic acids is 1. The number of aromatic hydroxyl groups is 1. The summed E-state index contributed by atoms with van der Waals surface area (Å²) in [4.78, 5) is 15.8. The maximum atomic E-state index is 13.1. The Morgan fingerprint density at radius 3 is 2.81 bits per heavy atom. The van der Waals surface area contributed by atoms with Gasteiger partial charge in [0.05, 0.1) is 12.3 Å². The molecule has 2 aliphatic heterocycles. The van der Waals surface area contributed by atoms with Gasteiger partial charge in [0.15, 0.2) is 11.5 Å². The van der Waals surface area contributed by atoms with E-state index in [0.29, 0.717) is 36.8 Å². The number of para-hydroxylation sites is 1. The number of fused-ring (bicyclic) bond motifs is 2. The summed E-state index contributed by atoms with van der Waals surface area (Å²) in [6.45, 7) is 2.70. The van der Waals surface area contributed by atoms with Gasteiger partial charge < -0.3 is 34.3 Å². The second-order valence-corrected chi connectivity index (χ2v) is 9.55. The first-order valence-electron chi connectivity index (χ1n) is 11.8. The molecule has 8 nitrogen and oxygen atoms in total. The van der Waals surface area contributed by atoms with Gasteiger partial charge in [-0.2, -0.15) is 0 Å². The van der Waals surface area contributed by atoms with Crippen molar-refractivity contribution in [1.29, 1.82) is 0 Å². The van der Waals surface area contributed by atoms with E-state index in [0.717, 1.165) is 35.0 Å². The number of carbonyl (C=O) groups is 1. The lowest BCUT2D eigenvalue weighted by molar-refractivity contribution is -0.118. The molecule has 0 fully saturated rings. The Hall–Kier alpha value is -3.56. The highest BCUT2D eigenvalue weighted by Crippen LogP contribution is 2.48. The smallest absolute Gasteiger partial charge is 0.244 e. The van der Waals surface area contributed by atoms with Gasteiger partial charge in [-0.05, 0) is 55.4 Å². The third kappa shape index (κ3) is 5.32. The Kier molecular flexibility index (Phi) is 7.39. The highest BCUT2D eigenvalue weighted by molar-refractivity contribution is 8.00. The average Bonchev–Trinajstić information content (AvgIpc) is 3.36. The fourth-order valence-electron chi connectivity index (χ4n) is 4.09. The highest BCUT2D eigenvalue weighted by Gasteiger charge is 2.34. The van der Waals surface area contributed by atoms with E-state index in [2.05, 4.69) is 5.32 Å². The van der Waals surface area contributed by atoms with E-state index in [9.17, 15) is 9.90 Å². The number of phenolic OH excluding ortho intramolecular Hbond substituents is 1. The second-order valence-electron chi connectivity index (χ2n) is 8.40. The molecule has 9 heteroatoms. The van der Waals surface area contributed by atoms with E-state index in [4.69, 9.17) is 18.9 Å². The summed E-state index contributed by atoms with van der Waals surface area (Å²) in [5.41, 5.74) is 1.57. The second kappa shape index (κ2) is 11.0. The first kappa shape index (κ1) is 24.1. The Morgan fingerprint density at radius 2 is 1.89 bits per heavy atom. The number of amides is 1. The SMILES string of the molecule is CN1C(=O)[C@@H](c2cc(O)ccc2OCCCNCCOc2ccc3c(c2)OCO3)Sc2ccccc21. The van der Waals surface area contributed by atoms with E-state index in [1.54, 1.807) is 30.1 Å². The zero-order valence-electron chi connectivity index (χ0n) is 19.9. The molecule has 2 aliphatic rings. The Labute approximate surface area is 214 Å². The van der Waals surface area contributed by atoms with Crippen molar-refractivity contribution in [2.75, 3.05) is 45.0 Å². The van der Waals surface area contributed by atoms with Crippen LogP contribution in [0, 0.1) is 0 Å². The molecule has 1 atom stereocenters. The number of nitrogens with one attached hydrogen (secondary N) is 1. The highest BCUT2D eigenvalue weighted by atomic mass is 32.2. The molecular weight excluding hydrogens is 480 g/mol. The number of hydrogen-bond donors (Lipinski definition) is 2. The first-order chi connectivity index (χ1) is 17.6. The van der Waals surface area contributed by atoms with Crippen LogP contribution in [0.15, 0.2) is 65.6 Å². The quantitative estimate of drug-likeness (QED) is 0.391. The van der Waals surface area contributed by atoms with E-state index in [-0.39, 0.29) is 18.4 Å². The molecule has 0 saturated carbocycles. The van der Waals surface area contributed by atoms with E-state index >= 15 is 0 Å². The number of rotatable bonds is 10. The third-order valence-corrected chi connectivity index (χ3v) is 7.24. The largest absolute Gasteiger partial charge is 0.508 e. The van der Waals surface area contributed by atoms with E-state index in [1.807, 2.05) is 42.5 Å². The van der Waals surface area contributed by atoms with Crippen molar-refractivity contribution < 1.29 is 28.8 Å².